The number of rotatable bonds is 5. The molecule has 0 radical (unpaired) electrons. The Hall–Kier alpha value is -0.800. The Bertz CT molecular complexity index is 219. The van der Waals surface area contributed by atoms with Crippen LogP contribution in [0.3, 0.4) is 0 Å². The number of hydrogen-bond acceptors (Lipinski definition) is 3. The molecule has 1 N–H and O–H groups in total. The van der Waals surface area contributed by atoms with Gasteiger partial charge >= 0.3 is 0 Å². The summed E-state index contributed by atoms with van der Waals surface area (Å²) in [4.78, 5) is 2.16. The Kier molecular flexibility index (Phi) is 3.99. The number of hydrogen-bond donors (Lipinski definition) is 1. The molecule has 0 aliphatic heterocycles. The Balaban J connectivity index is 2.22. The minimum Gasteiger partial charge on any atom is -0.472 e. The highest BCUT2D eigenvalue weighted by molar-refractivity contribution is 5.04. The predicted molar refractivity (Wildman–Crippen MR) is 51.3 cm³/mol. The van der Waals surface area contributed by atoms with Crippen LogP contribution in [0.5, 0.6) is 0 Å². The Labute approximate surface area is 79.0 Å². The summed E-state index contributed by atoms with van der Waals surface area (Å²) in [6.07, 6.45) is 4.03. The molecule has 1 rings (SSSR count). The maximum absolute atomic E-state index is 9.08. The maximum atomic E-state index is 9.08. The number of furan rings is 1. The fourth-order valence-corrected chi connectivity index (χ4v) is 1.18. The van der Waals surface area contributed by atoms with Gasteiger partial charge in [-0.3, -0.25) is 0 Å². The molecule has 1 aromatic heterocycles. The van der Waals surface area contributed by atoms with Gasteiger partial charge in [-0.2, -0.15) is 0 Å². The van der Waals surface area contributed by atoms with E-state index >= 15 is 0 Å². The van der Waals surface area contributed by atoms with Crippen molar-refractivity contribution in [2.45, 2.75) is 26.0 Å². The first kappa shape index (κ1) is 10.3. The van der Waals surface area contributed by atoms with Crippen LogP contribution in [0.2, 0.25) is 0 Å². The molecule has 13 heavy (non-hydrogen) atoms. The van der Waals surface area contributed by atoms with Crippen molar-refractivity contribution in [1.29, 1.82) is 0 Å². The second-order valence-electron chi connectivity index (χ2n) is 3.51. The lowest BCUT2D eigenvalue weighted by Crippen LogP contribution is -2.21. The molecule has 0 amide bonds. The molecule has 3 nitrogen and oxygen atoms in total. The highest BCUT2D eigenvalue weighted by Gasteiger charge is 2.02. The summed E-state index contributed by atoms with van der Waals surface area (Å²) in [5.41, 5.74) is 1.17. The second kappa shape index (κ2) is 5.04. The summed E-state index contributed by atoms with van der Waals surface area (Å²) in [5.74, 6) is 0. The summed E-state index contributed by atoms with van der Waals surface area (Å²) in [6.45, 7) is 3.59. The Morgan fingerprint density at radius 2 is 2.38 bits per heavy atom. The highest BCUT2D eigenvalue weighted by atomic mass is 16.3. The van der Waals surface area contributed by atoms with Crippen molar-refractivity contribution < 1.29 is 9.52 Å². The van der Waals surface area contributed by atoms with E-state index in [-0.39, 0.29) is 6.10 Å². The molecule has 0 aliphatic rings. The Morgan fingerprint density at radius 3 is 2.92 bits per heavy atom. The zero-order valence-corrected chi connectivity index (χ0v) is 8.23. The van der Waals surface area contributed by atoms with Gasteiger partial charge in [-0.25, -0.2) is 0 Å². The monoisotopic (exact) mass is 183 g/mol. The maximum Gasteiger partial charge on any atom is 0.0947 e. The van der Waals surface area contributed by atoms with E-state index in [4.69, 9.17) is 9.52 Å². The molecule has 0 fully saturated rings. The van der Waals surface area contributed by atoms with Crippen LogP contribution in [0, 0.1) is 0 Å². The minimum absolute atomic E-state index is 0.216. The third-order valence-corrected chi connectivity index (χ3v) is 1.96. The molecule has 1 heterocycles. The fourth-order valence-electron chi connectivity index (χ4n) is 1.18. The molecular formula is C10H17NO2. The molecular weight excluding hydrogens is 166 g/mol. The van der Waals surface area contributed by atoms with E-state index in [1.54, 1.807) is 12.5 Å². The van der Waals surface area contributed by atoms with Gasteiger partial charge < -0.3 is 14.4 Å². The van der Waals surface area contributed by atoms with Crippen LogP contribution >= 0.6 is 0 Å². The largest absolute Gasteiger partial charge is 0.472 e. The van der Waals surface area contributed by atoms with E-state index < -0.39 is 0 Å². The van der Waals surface area contributed by atoms with Gasteiger partial charge in [0.1, 0.15) is 0 Å². The standard InChI is InChI=1S/C10H17NO2/c1-9(12)3-5-11(2)7-10-4-6-13-8-10/h4,6,8-9,12H,3,5,7H2,1-2H3. The number of aliphatic hydroxyl groups excluding tert-OH is 1. The molecule has 0 aliphatic carbocycles. The van der Waals surface area contributed by atoms with E-state index in [2.05, 4.69) is 4.90 Å². The van der Waals surface area contributed by atoms with Crippen LogP contribution in [0.1, 0.15) is 18.9 Å². The average molecular weight is 183 g/mol. The molecule has 0 spiro atoms. The first-order valence-electron chi connectivity index (χ1n) is 4.56. The van der Waals surface area contributed by atoms with E-state index in [0.717, 1.165) is 19.5 Å². The molecule has 1 aromatic rings. The molecule has 1 unspecified atom stereocenters. The molecule has 1 atom stereocenters. The van der Waals surface area contributed by atoms with E-state index in [1.807, 2.05) is 20.0 Å². The third kappa shape index (κ3) is 4.10. The van der Waals surface area contributed by atoms with Crippen LogP contribution in [-0.4, -0.2) is 29.7 Å². The molecule has 0 saturated heterocycles. The normalized spacial score (nSPS) is 13.5. The first-order valence-corrected chi connectivity index (χ1v) is 4.56. The van der Waals surface area contributed by atoms with Gasteiger partial charge in [0.2, 0.25) is 0 Å². The van der Waals surface area contributed by atoms with Gasteiger partial charge in [0, 0.05) is 18.7 Å². The van der Waals surface area contributed by atoms with Crippen molar-refractivity contribution in [2.75, 3.05) is 13.6 Å². The quantitative estimate of drug-likeness (QED) is 0.751. The van der Waals surface area contributed by atoms with Crippen molar-refractivity contribution in [1.82, 2.24) is 4.90 Å². The number of aliphatic hydroxyl groups is 1. The van der Waals surface area contributed by atoms with Crippen molar-refractivity contribution >= 4 is 0 Å². The summed E-state index contributed by atoms with van der Waals surface area (Å²) < 4.78 is 4.96. The predicted octanol–water partition coefficient (Wildman–Crippen LogP) is 1.48. The van der Waals surface area contributed by atoms with Crippen LogP contribution in [0.15, 0.2) is 23.0 Å². The van der Waals surface area contributed by atoms with Gasteiger partial charge in [-0.1, -0.05) is 0 Å². The van der Waals surface area contributed by atoms with E-state index in [9.17, 15) is 0 Å². The second-order valence-corrected chi connectivity index (χ2v) is 3.51. The van der Waals surface area contributed by atoms with E-state index in [0.29, 0.717) is 0 Å². The minimum atomic E-state index is -0.216. The summed E-state index contributed by atoms with van der Waals surface area (Å²) in [5, 5.41) is 9.08. The van der Waals surface area contributed by atoms with Crippen molar-refractivity contribution in [3.8, 4) is 0 Å². The van der Waals surface area contributed by atoms with Crippen molar-refractivity contribution in [3.05, 3.63) is 24.2 Å². The smallest absolute Gasteiger partial charge is 0.0947 e. The highest BCUT2D eigenvalue weighted by Crippen LogP contribution is 2.04. The zero-order chi connectivity index (χ0) is 9.68. The molecule has 0 saturated carbocycles. The lowest BCUT2D eigenvalue weighted by atomic mass is 10.2. The van der Waals surface area contributed by atoms with Crippen LogP contribution in [0.4, 0.5) is 0 Å². The van der Waals surface area contributed by atoms with Gasteiger partial charge in [-0.05, 0) is 26.5 Å². The SMILES string of the molecule is CC(O)CCN(C)Cc1ccoc1. The number of nitrogens with zero attached hydrogens (tertiary/aromatic N) is 1. The lowest BCUT2D eigenvalue weighted by molar-refractivity contribution is 0.163. The lowest BCUT2D eigenvalue weighted by Gasteiger charge is -2.16. The molecule has 74 valence electrons. The zero-order valence-electron chi connectivity index (χ0n) is 8.23. The molecule has 0 bridgehead atoms. The molecule has 0 aromatic carbocycles. The van der Waals surface area contributed by atoms with Gasteiger partial charge in [0.25, 0.3) is 0 Å². The fraction of sp³-hybridized carbons (Fsp3) is 0.600. The summed E-state index contributed by atoms with van der Waals surface area (Å²) in [6, 6.07) is 1.96. The summed E-state index contributed by atoms with van der Waals surface area (Å²) >= 11 is 0. The van der Waals surface area contributed by atoms with Crippen LogP contribution in [-0.2, 0) is 6.54 Å². The van der Waals surface area contributed by atoms with Gasteiger partial charge in [0.15, 0.2) is 0 Å². The average Bonchev–Trinajstić information content (AvgIpc) is 2.53. The molecule has 3 heteroatoms. The van der Waals surface area contributed by atoms with Gasteiger partial charge in [-0.15, -0.1) is 0 Å². The van der Waals surface area contributed by atoms with Crippen LogP contribution in [0.25, 0.3) is 0 Å². The summed E-state index contributed by atoms with van der Waals surface area (Å²) in [7, 11) is 2.04. The van der Waals surface area contributed by atoms with Crippen LogP contribution < -0.4 is 0 Å². The van der Waals surface area contributed by atoms with Gasteiger partial charge in [0.05, 0.1) is 18.6 Å². The Morgan fingerprint density at radius 1 is 1.62 bits per heavy atom. The van der Waals surface area contributed by atoms with E-state index in [1.165, 1.54) is 5.56 Å². The van der Waals surface area contributed by atoms with Crippen molar-refractivity contribution in [3.63, 3.8) is 0 Å². The topological polar surface area (TPSA) is 36.6 Å². The van der Waals surface area contributed by atoms with Crippen molar-refractivity contribution in [2.24, 2.45) is 0 Å². The third-order valence-electron chi connectivity index (χ3n) is 1.96. The first-order chi connectivity index (χ1) is 6.18.